The summed E-state index contributed by atoms with van der Waals surface area (Å²) in [7, 11) is 1.79. The average Bonchev–Trinajstić information content (AvgIpc) is 2.36. The Labute approximate surface area is 126 Å². The zero-order chi connectivity index (χ0) is 14.7. The SMILES string of the molecule is CNC(Cc1ccc(Br)cc1F)c1cc(C)cc(F)c1. The van der Waals surface area contributed by atoms with Gasteiger partial charge in [0.2, 0.25) is 0 Å². The topological polar surface area (TPSA) is 12.0 Å². The van der Waals surface area contributed by atoms with Crippen LogP contribution in [0.3, 0.4) is 0 Å². The van der Waals surface area contributed by atoms with Crippen LogP contribution in [0.25, 0.3) is 0 Å². The van der Waals surface area contributed by atoms with E-state index in [9.17, 15) is 8.78 Å². The van der Waals surface area contributed by atoms with Crippen LogP contribution in [0.1, 0.15) is 22.7 Å². The van der Waals surface area contributed by atoms with E-state index >= 15 is 0 Å². The second kappa shape index (κ2) is 6.46. The molecule has 1 nitrogen and oxygen atoms in total. The van der Waals surface area contributed by atoms with Crippen molar-refractivity contribution in [3.63, 3.8) is 0 Å². The average molecular weight is 340 g/mol. The molecule has 0 aromatic heterocycles. The predicted octanol–water partition coefficient (Wildman–Crippen LogP) is 4.54. The van der Waals surface area contributed by atoms with Gasteiger partial charge < -0.3 is 5.32 Å². The lowest BCUT2D eigenvalue weighted by atomic mass is 9.97. The van der Waals surface area contributed by atoms with Gasteiger partial charge in [0, 0.05) is 10.5 Å². The van der Waals surface area contributed by atoms with Gasteiger partial charge in [0.1, 0.15) is 11.6 Å². The lowest BCUT2D eigenvalue weighted by Crippen LogP contribution is -2.19. The van der Waals surface area contributed by atoms with E-state index in [1.54, 1.807) is 13.1 Å². The Morgan fingerprint density at radius 1 is 1.15 bits per heavy atom. The van der Waals surface area contributed by atoms with Crippen molar-refractivity contribution in [2.75, 3.05) is 7.05 Å². The van der Waals surface area contributed by atoms with Crippen LogP contribution in [-0.2, 0) is 6.42 Å². The summed E-state index contributed by atoms with van der Waals surface area (Å²) < 4.78 is 28.1. The first kappa shape index (κ1) is 15.1. The molecule has 0 bridgehead atoms. The van der Waals surface area contributed by atoms with Crippen molar-refractivity contribution in [2.45, 2.75) is 19.4 Å². The fraction of sp³-hybridized carbons (Fsp3) is 0.250. The van der Waals surface area contributed by atoms with Gasteiger partial charge in [-0.15, -0.1) is 0 Å². The molecule has 0 aliphatic carbocycles. The van der Waals surface area contributed by atoms with E-state index in [-0.39, 0.29) is 17.7 Å². The maximum atomic E-state index is 13.9. The van der Waals surface area contributed by atoms with Crippen molar-refractivity contribution in [3.8, 4) is 0 Å². The molecular formula is C16H16BrF2N. The van der Waals surface area contributed by atoms with Crippen LogP contribution in [0.5, 0.6) is 0 Å². The maximum Gasteiger partial charge on any atom is 0.127 e. The third kappa shape index (κ3) is 3.64. The summed E-state index contributed by atoms with van der Waals surface area (Å²) in [6, 6.07) is 9.76. The predicted molar refractivity (Wildman–Crippen MR) is 80.7 cm³/mol. The Kier molecular flexibility index (Phi) is 4.89. The molecule has 0 amide bonds. The van der Waals surface area contributed by atoms with Gasteiger partial charge >= 0.3 is 0 Å². The zero-order valence-electron chi connectivity index (χ0n) is 11.4. The molecular weight excluding hydrogens is 324 g/mol. The molecule has 0 saturated carbocycles. The first-order chi connectivity index (χ1) is 9.49. The standard InChI is InChI=1S/C16H16BrF2N/c1-10-5-12(7-14(18)6-10)16(20-2)8-11-3-4-13(17)9-15(11)19/h3-7,9,16,20H,8H2,1-2H3. The van der Waals surface area contributed by atoms with Gasteiger partial charge in [-0.05, 0) is 61.3 Å². The first-order valence-electron chi connectivity index (χ1n) is 6.38. The minimum absolute atomic E-state index is 0.125. The van der Waals surface area contributed by atoms with Crippen molar-refractivity contribution in [3.05, 3.63) is 69.2 Å². The molecule has 1 unspecified atom stereocenters. The van der Waals surface area contributed by atoms with Gasteiger partial charge in [0.25, 0.3) is 0 Å². The highest BCUT2D eigenvalue weighted by atomic mass is 79.9. The number of hydrogen-bond donors (Lipinski definition) is 1. The number of hydrogen-bond acceptors (Lipinski definition) is 1. The van der Waals surface area contributed by atoms with Crippen LogP contribution in [0.15, 0.2) is 40.9 Å². The minimum Gasteiger partial charge on any atom is -0.313 e. The van der Waals surface area contributed by atoms with E-state index in [2.05, 4.69) is 21.2 Å². The molecule has 2 aromatic carbocycles. The number of nitrogens with one attached hydrogen (secondary N) is 1. The smallest absolute Gasteiger partial charge is 0.127 e. The zero-order valence-corrected chi connectivity index (χ0v) is 13.0. The van der Waals surface area contributed by atoms with E-state index in [4.69, 9.17) is 0 Å². The van der Waals surface area contributed by atoms with Crippen LogP contribution in [-0.4, -0.2) is 7.05 Å². The van der Waals surface area contributed by atoms with Crippen LogP contribution >= 0.6 is 15.9 Å². The lowest BCUT2D eigenvalue weighted by Gasteiger charge is -2.18. The van der Waals surface area contributed by atoms with E-state index in [1.807, 2.05) is 19.1 Å². The highest BCUT2D eigenvalue weighted by Crippen LogP contribution is 2.23. The highest BCUT2D eigenvalue weighted by molar-refractivity contribution is 9.10. The van der Waals surface area contributed by atoms with Crippen molar-refractivity contribution in [1.29, 1.82) is 0 Å². The third-order valence-electron chi connectivity index (χ3n) is 3.25. The van der Waals surface area contributed by atoms with E-state index in [0.29, 0.717) is 16.5 Å². The number of benzene rings is 2. The van der Waals surface area contributed by atoms with Gasteiger partial charge in [-0.2, -0.15) is 0 Å². The molecule has 2 aromatic rings. The monoisotopic (exact) mass is 339 g/mol. The molecule has 1 N–H and O–H groups in total. The van der Waals surface area contributed by atoms with Gasteiger partial charge in [0.15, 0.2) is 0 Å². The minimum atomic E-state index is -0.267. The Morgan fingerprint density at radius 2 is 1.90 bits per heavy atom. The number of likely N-dealkylation sites (N-methyl/N-ethyl adjacent to an activating group) is 1. The summed E-state index contributed by atoms with van der Waals surface area (Å²) in [4.78, 5) is 0. The summed E-state index contributed by atoms with van der Waals surface area (Å²) in [5.41, 5.74) is 2.29. The molecule has 106 valence electrons. The molecule has 0 heterocycles. The molecule has 1 atom stereocenters. The number of halogens is 3. The van der Waals surface area contributed by atoms with Gasteiger partial charge in [0.05, 0.1) is 0 Å². The molecule has 20 heavy (non-hydrogen) atoms. The van der Waals surface area contributed by atoms with Crippen LogP contribution in [0, 0.1) is 18.6 Å². The van der Waals surface area contributed by atoms with Gasteiger partial charge in [-0.1, -0.05) is 28.1 Å². The maximum absolute atomic E-state index is 13.9. The highest BCUT2D eigenvalue weighted by Gasteiger charge is 2.14. The molecule has 0 fully saturated rings. The van der Waals surface area contributed by atoms with Crippen molar-refractivity contribution >= 4 is 15.9 Å². The molecule has 4 heteroatoms. The second-order valence-electron chi connectivity index (χ2n) is 4.84. The number of aryl methyl sites for hydroxylation is 1. The Hall–Kier alpha value is -1.26. The Morgan fingerprint density at radius 3 is 2.50 bits per heavy atom. The Bertz CT molecular complexity index is 593. The summed E-state index contributed by atoms with van der Waals surface area (Å²) >= 11 is 3.24. The third-order valence-corrected chi connectivity index (χ3v) is 3.75. The van der Waals surface area contributed by atoms with Crippen LogP contribution < -0.4 is 5.32 Å². The van der Waals surface area contributed by atoms with E-state index in [0.717, 1.165) is 11.1 Å². The molecule has 0 spiro atoms. The first-order valence-corrected chi connectivity index (χ1v) is 7.17. The van der Waals surface area contributed by atoms with Gasteiger partial charge in [-0.25, -0.2) is 8.78 Å². The summed E-state index contributed by atoms with van der Waals surface area (Å²) in [6.45, 7) is 1.85. The fourth-order valence-electron chi connectivity index (χ4n) is 2.26. The van der Waals surface area contributed by atoms with Crippen molar-refractivity contribution in [1.82, 2.24) is 5.32 Å². The quantitative estimate of drug-likeness (QED) is 0.862. The summed E-state index contributed by atoms with van der Waals surface area (Å²) in [5.74, 6) is -0.524. The largest absolute Gasteiger partial charge is 0.313 e. The summed E-state index contributed by atoms with van der Waals surface area (Å²) in [5, 5.41) is 3.12. The van der Waals surface area contributed by atoms with Crippen molar-refractivity contribution in [2.24, 2.45) is 0 Å². The summed E-state index contributed by atoms with van der Waals surface area (Å²) in [6.07, 6.45) is 0.471. The second-order valence-corrected chi connectivity index (χ2v) is 5.76. The lowest BCUT2D eigenvalue weighted by molar-refractivity contribution is 0.548. The molecule has 0 saturated heterocycles. The van der Waals surface area contributed by atoms with E-state index < -0.39 is 0 Å². The van der Waals surface area contributed by atoms with E-state index in [1.165, 1.54) is 18.2 Å². The van der Waals surface area contributed by atoms with Crippen molar-refractivity contribution < 1.29 is 8.78 Å². The molecule has 2 rings (SSSR count). The molecule has 0 radical (unpaired) electrons. The molecule has 0 aliphatic rings. The number of rotatable bonds is 4. The normalized spacial score (nSPS) is 12.4. The molecule has 0 aliphatic heterocycles. The van der Waals surface area contributed by atoms with Gasteiger partial charge in [-0.3, -0.25) is 0 Å². The van der Waals surface area contributed by atoms with Crippen LogP contribution in [0.4, 0.5) is 8.78 Å². The fourth-order valence-corrected chi connectivity index (χ4v) is 2.59. The van der Waals surface area contributed by atoms with Crippen LogP contribution in [0.2, 0.25) is 0 Å². The Balaban J connectivity index is 2.28.